The van der Waals surface area contributed by atoms with Crippen LogP contribution in [0.15, 0.2) is 17.5 Å². The molecule has 0 bridgehead atoms. The highest BCUT2D eigenvalue weighted by atomic mass is 32.1. The summed E-state index contributed by atoms with van der Waals surface area (Å²) in [5, 5.41) is 13.5. The van der Waals surface area contributed by atoms with Crippen molar-refractivity contribution in [1.82, 2.24) is 10.2 Å². The molecule has 2 amide bonds. The lowest BCUT2D eigenvalue weighted by atomic mass is 9.92. The second-order valence-corrected chi connectivity index (χ2v) is 5.41. The molecule has 0 radical (unpaired) electrons. The number of carbonyl (C=O) groups is 2. The summed E-state index contributed by atoms with van der Waals surface area (Å²) in [6, 6.07) is 2.47. The van der Waals surface area contributed by atoms with E-state index in [0.29, 0.717) is 4.88 Å². The van der Waals surface area contributed by atoms with Crippen molar-refractivity contribution in [2.45, 2.75) is 31.3 Å². The topological polar surface area (TPSA) is 69.6 Å². The Morgan fingerprint density at radius 1 is 1.56 bits per heavy atom. The Labute approximate surface area is 109 Å². The Balaban J connectivity index is 2.00. The highest BCUT2D eigenvalue weighted by Crippen LogP contribution is 2.24. The summed E-state index contributed by atoms with van der Waals surface area (Å²) in [5.41, 5.74) is 0. The maximum Gasteiger partial charge on any atom is 0.331 e. The van der Waals surface area contributed by atoms with Crippen molar-refractivity contribution >= 4 is 23.3 Å². The molecule has 0 saturated heterocycles. The van der Waals surface area contributed by atoms with Gasteiger partial charge in [-0.25, -0.2) is 9.59 Å². The van der Waals surface area contributed by atoms with Gasteiger partial charge in [0.15, 0.2) is 6.04 Å². The van der Waals surface area contributed by atoms with Gasteiger partial charge >= 0.3 is 12.0 Å². The number of carboxylic acids is 1. The van der Waals surface area contributed by atoms with E-state index >= 15 is 0 Å². The predicted molar refractivity (Wildman–Crippen MR) is 68.6 cm³/mol. The number of rotatable bonds is 4. The summed E-state index contributed by atoms with van der Waals surface area (Å²) >= 11 is 1.33. The highest BCUT2D eigenvalue weighted by molar-refractivity contribution is 7.10. The number of hydrogen-bond acceptors (Lipinski definition) is 3. The van der Waals surface area contributed by atoms with Crippen LogP contribution in [-0.2, 0) is 4.79 Å². The zero-order chi connectivity index (χ0) is 13.1. The molecule has 2 N–H and O–H groups in total. The standard InChI is InChI=1S/C12H16N2O3S/c1-14(8-4-2-5-8)12(17)13-10(11(15)16)9-6-3-7-18-9/h3,6-8,10H,2,4-5H2,1H3,(H,13,17)(H,15,16). The maximum absolute atomic E-state index is 11.9. The molecule has 0 aliphatic heterocycles. The first-order valence-electron chi connectivity index (χ1n) is 5.89. The summed E-state index contributed by atoms with van der Waals surface area (Å²) in [4.78, 5) is 25.4. The molecule has 1 aromatic heterocycles. The normalized spacial score (nSPS) is 16.7. The van der Waals surface area contributed by atoms with E-state index in [1.54, 1.807) is 29.5 Å². The van der Waals surface area contributed by atoms with E-state index < -0.39 is 12.0 Å². The molecular formula is C12H16N2O3S. The van der Waals surface area contributed by atoms with Crippen molar-refractivity contribution in [2.24, 2.45) is 0 Å². The van der Waals surface area contributed by atoms with Crippen molar-refractivity contribution in [3.05, 3.63) is 22.4 Å². The van der Waals surface area contributed by atoms with Gasteiger partial charge in [0, 0.05) is 18.0 Å². The monoisotopic (exact) mass is 268 g/mol. The lowest BCUT2D eigenvalue weighted by molar-refractivity contribution is -0.139. The maximum atomic E-state index is 11.9. The zero-order valence-electron chi connectivity index (χ0n) is 10.1. The van der Waals surface area contributed by atoms with Gasteiger partial charge in [0.2, 0.25) is 0 Å². The first-order valence-corrected chi connectivity index (χ1v) is 6.77. The summed E-state index contributed by atoms with van der Waals surface area (Å²) < 4.78 is 0. The number of urea groups is 1. The Hall–Kier alpha value is -1.56. The van der Waals surface area contributed by atoms with Crippen LogP contribution in [0.5, 0.6) is 0 Å². The minimum absolute atomic E-state index is 0.253. The third-order valence-corrected chi connectivity index (χ3v) is 4.22. The van der Waals surface area contributed by atoms with Crippen molar-refractivity contribution in [1.29, 1.82) is 0 Å². The smallest absolute Gasteiger partial charge is 0.331 e. The van der Waals surface area contributed by atoms with E-state index in [9.17, 15) is 9.59 Å². The molecule has 1 fully saturated rings. The van der Waals surface area contributed by atoms with Crippen LogP contribution in [0.25, 0.3) is 0 Å². The van der Waals surface area contributed by atoms with E-state index in [1.165, 1.54) is 11.3 Å². The van der Waals surface area contributed by atoms with Gasteiger partial charge in [0.05, 0.1) is 0 Å². The molecule has 1 atom stereocenters. The first-order chi connectivity index (χ1) is 8.59. The lowest BCUT2D eigenvalue weighted by Gasteiger charge is -2.35. The average Bonchev–Trinajstić information content (AvgIpc) is 2.75. The second-order valence-electron chi connectivity index (χ2n) is 4.43. The summed E-state index contributed by atoms with van der Waals surface area (Å²) in [5.74, 6) is -1.03. The number of aliphatic carboxylic acids is 1. The minimum Gasteiger partial charge on any atom is -0.479 e. The number of nitrogens with one attached hydrogen (secondary N) is 1. The Kier molecular flexibility index (Phi) is 3.86. The quantitative estimate of drug-likeness (QED) is 0.878. The van der Waals surface area contributed by atoms with Crippen LogP contribution in [0, 0.1) is 0 Å². The first kappa shape index (κ1) is 12.9. The molecular weight excluding hydrogens is 252 g/mol. The van der Waals surface area contributed by atoms with Crippen LogP contribution in [0.1, 0.15) is 30.2 Å². The molecule has 5 nitrogen and oxygen atoms in total. The SMILES string of the molecule is CN(C(=O)NC(C(=O)O)c1cccs1)C1CCC1. The fourth-order valence-electron chi connectivity index (χ4n) is 1.88. The Bertz CT molecular complexity index is 429. The van der Waals surface area contributed by atoms with Crippen molar-refractivity contribution in [3.63, 3.8) is 0 Å². The van der Waals surface area contributed by atoms with Gasteiger partial charge in [-0.1, -0.05) is 6.07 Å². The molecule has 2 rings (SSSR count). The van der Waals surface area contributed by atoms with Crippen LogP contribution >= 0.6 is 11.3 Å². The molecule has 1 aliphatic carbocycles. The van der Waals surface area contributed by atoms with E-state index in [-0.39, 0.29) is 12.1 Å². The molecule has 1 aliphatic rings. The molecule has 1 saturated carbocycles. The summed E-state index contributed by atoms with van der Waals surface area (Å²) in [7, 11) is 1.71. The summed E-state index contributed by atoms with van der Waals surface area (Å²) in [6.45, 7) is 0. The molecule has 6 heteroatoms. The second kappa shape index (κ2) is 5.39. The third kappa shape index (κ3) is 2.64. The number of hydrogen-bond donors (Lipinski definition) is 2. The Morgan fingerprint density at radius 2 is 2.28 bits per heavy atom. The molecule has 1 aromatic rings. The van der Waals surface area contributed by atoms with Gasteiger partial charge in [-0.15, -0.1) is 11.3 Å². The fourth-order valence-corrected chi connectivity index (χ4v) is 2.64. The van der Waals surface area contributed by atoms with E-state index in [0.717, 1.165) is 19.3 Å². The number of carboxylic acid groups (broad SMARTS) is 1. The fraction of sp³-hybridized carbons (Fsp3) is 0.500. The highest BCUT2D eigenvalue weighted by Gasteiger charge is 2.29. The van der Waals surface area contributed by atoms with Crippen molar-refractivity contribution in [2.75, 3.05) is 7.05 Å². The Morgan fingerprint density at radius 3 is 2.72 bits per heavy atom. The predicted octanol–water partition coefficient (Wildman–Crippen LogP) is 2.07. The van der Waals surface area contributed by atoms with Crippen molar-refractivity contribution in [3.8, 4) is 0 Å². The van der Waals surface area contributed by atoms with E-state index in [2.05, 4.69) is 5.32 Å². The number of carbonyl (C=O) groups excluding carboxylic acids is 1. The molecule has 1 unspecified atom stereocenters. The molecule has 18 heavy (non-hydrogen) atoms. The van der Waals surface area contributed by atoms with Crippen LogP contribution in [0.3, 0.4) is 0 Å². The molecule has 98 valence electrons. The molecule has 1 heterocycles. The van der Waals surface area contributed by atoms with Gasteiger partial charge in [-0.3, -0.25) is 0 Å². The van der Waals surface area contributed by atoms with E-state index in [4.69, 9.17) is 5.11 Å². The van der Waals surface area contributed by atoms with Gasteiger partial charge in [0.25, 0.3) is 0 Å². The minimum atomic E-state index is -1.03. The largest absolute Gasteiger partial charge is 0.479 e. The van der Waals surface area contributed by atoms with Gasteiger partial charge in [-0.2, -0.15) is 0 Å². The van der Waals surface area contributed by atoms with Gasteiger partial charge in [0.1, 0.15) is 0 Å². The molecule has 0 spiro atoms. The molecule has 0 aromatic carbocycles. The van der Waals surface area contributed by atoms with Crippen LogP contribution < -0.4 is 5.32 Å². The van der Waals surface area contributed by atoms with Gasteiger partial charge < -0.3 is 15.3 Å². The number of thiophene rings is 1. The van der Waals surface area contributed by atoms with Crippen LogP contribution in [0.4, 0.5) is 4.79 Å². The summed E-state index contributed by atoms with van der Waals surface area (Å²) in [6.07, 6.45) is 3.14. The van der Waals surface area contributed by atoms with E-state index in [1.807, 2.05) is 0 Å². The van der Waals surface area contributed by atoms with Gasteiger partial charge in [-0.05, 0) is 30.7 Å². The zero-order valence-corrected chi connectivity index (χ0v) is 10.9. The average molecular weight is 268 g/mol. The number of amides is 2. The lowest BCUT2D eigenvalue weighted by Crippen LogP contribution is -2.48. The van der Waals surface area contributed by atoms with Crippen molar-refractivity contribution < 1.29 is 14.7 Å². The van der Waals surface area contributed by atoms with Crippen LogP contribution in [0.2, 0.25) is 0 Å². The van der Waals surface area contributed by atoms with Crippen LogP contribution in [-0.4, -0.2) is 35.1 Å². The third-order valence-electron chi connectivity index (χ3n) is 3.29. The number of nitrogens with zero attached hydrogens (tertiary/aromatic N) is 1.